The fraction of sp³-hybridized carbons (Fsp3) is 0.500. The first-order valence-electron chi connectivity index (χ1n) is 7.83. The summed E-state index contributed by atoms with van der Waals surface area (Å²) in [4.78, 5) is 6.73. The Balaban J connectivity index is 1.49. The van der Waals surface area contributed by atoms with Gasteiger partial charge in [-0.1, -0.05) is 11.2 Å². The van der Waals surface area contributed by atoms with Crippen molar-refractivity contribution in [2.75, 3.05) is 26.7 Å². The van der Waals surface area contributed by atoms with Gasteiger partial charge in [0.1, 0.15) is 0 Å². The van der Waals surface area contributed by atoms with Crippen molar-refractivity contribution in [3.05, 3.63) is 47.1 Å². The summed E-state index contributed by atoms with van der Waals surface area (Å²) in [5.74, 6) is -0.129. The summed E-state index contributed by atoms with van der Waals surface area (Å²) in [6.45, 7) is 2.70. The van der Waals surface area contributed by atoms with Crippen LogP contribution in [0.15, 0.2) is 22.7 Å². The zero-order valence-corrected chi connectivity index (χ0v) is 12.8. The van der Waals surface area contributed by atoms with Crippen molar-refractivity contribution < 1.29 is 13.3 Å². The number of hydrogen-bond donors (Lipinski definition) is 1. The summed E-state index contributed by atoms with van der Waals surface area (Å²) in [5.41, 5.74) is 0.783. The van der Waals surface area contributed by atoms with E-state index >= 15 is 0 Å². The van der Waals surface area contributed by atoms with Gasteiger partial charge in [-0.15, -0.1) is 0 Å². The third-order valence-electron chi connectivity index (χ3n) is 4.75. The van der Waals surface area contributed by atoms with Crippen LogP contribution in [0.1, 0.15) is 41.6 Å². The van der Waals surface area contributed by atoms with Gasteiger partial charge in [-0.25, -0.2) is 8.78 Å². The summed E-state index contributed by atoms with van der Waals surface area (Å²) < 4.78 is 31.8. The molecule has 1 saturated heterocycles. The highest BCUT2D eigenvalue weighted by atomic mass is 19.2. The first-order valence-corrected chi connectivity index (χ1v) is 7.83. The number of piperazine rings is 1. The molecule has 1 aromatic heterocycles. The van der Waals surface area contributed by atoms with E-state index in [-0.39, 0.29) is 17.9 Å². The standard InChI is InChI=1S/C16H18F2N4O/c1-22-5-4-19-8-14(22)15-20-16(23-21-15)11-7-10(11)9-2-3-12(17)13(18)6-9/h2-3,6,10-11,14,19H,4-5,7-8H2,1H3. The van der Waals surface area contributed by atoms with E-state index in [1.165, 1.54) is 12.1 Å². The topological polar surface area (TPSA) is 54.2 Å². The molecule has 0 spiro atoms. The second-order valence-corrected chi connectivity index (χ2v) is 6.31. The number of benzene rings is 1. The molecule has 1 saturated carbocycles. The summed E-state index contributed by atoms with van der Waals surface area (Å²) in [6, 6.07) is 4.17. The van der Waals surface area contributed by atoms with Crippen LogP contribution in [0.3, 0.4) is 0 Å². The number of nitrogens with zero attached hydrogens (tertiary/aromatic N) is 3. The smallest absolute Gasteiger partial charge is 0.230 e. The van der Waals surface area contributed by atoms with Gasteiger partial charge in [0.05, 0.1) is 6.04 Å². The number of rotatable bonds is 3. The van der Waals surface area contributed by atoms with Crippen molar-refractivity contribution >= 4 is 0 Å². The van der Waals surface area contributed by atoms with E-state index in [0.29, 0.717) is 11.7 Å². The van der Waals surface area contributed by atoms with Gasteiger partial charge < -0.3 is 9.84 Å². The first kappa shape index (κ1) is 14.7. The molecule has 3 atom stereocenters. The lowest BCUT2D eigenvalue weighted by molar-refractivity contribution is 0.190. The molecule has 2 aromatic rings. The van der Waals surface area contributed by atoms with Gasteiger partial charge in [0.15, 0.2) is 17.5 Å². The van der Waals surface area contributed by atoms with Crippen molar-refractivity contribution in [1.82, 2.24) is 20.4 Å². The molecule has 0 radical (unpaired) electrons. The van der Waals surface area contributed by atoms with Crippen LogP contribution in [0, 0.1) is 11.6 Å². The van der Waals surface area contributed by atoms with E-state index in [1.54, 1.807) is 6.07 Å². The van der Waals surface area contributed by atoms with E-state index in [0.717, 1.165) is 31.6 Å². The van der Waals surface area contributed by atoms with E-state index < -0.39 is 11.6 Å². The molecule has 1 N–H and O–H groups in total. The Hall–Kier alpha value is -1.86. The SMILES string of the molecule is CN1CCNCC1c1noc(C2CC2c2ccc(F)c(F)c2)n1. The van der Waals surface area contributed by atoms with Gasteiger partial charge in [-0.2, -0.15) is 4.98 Å². The molecule has 1 aliphatic heterocycles. The van der Waals surface area contributed by atoms with Gasteiger partial charge in [0, 0.05) is 25.6 Å². The molecule has 3 unspecified atom stereocenters. The van der Waals surface area contributed by atoms with Crippen LogP contribution >= 0.6 is 0 Å². The molecular formula is C16H18F2N4O. The lowest BCUT2D eigenvalue weighted by Crippen LogP contribution is -2.44. The molecule has 2 aliphatic rings. The maximum absolute atomic E-state index is 13.3. The number of halogens is 2. The first-order chi connectivity index (χ1) is 11.1. The summed E-state index contributed by atoms with van der Waals surface area (Å²) in [7, 11) is 2.04. The quantitative estimate of drug-likeness (QED) is 0.939. The average molecular weight is 320 g/mol. The minimum atomic E-state index is -0.820. The predicted octanol–water partition coefficient (Wildman–Crippen LogP) is 2.19. The molecule has 2 fully saturated rings. The maximum atomic E-state index is 13.3. The molecule has 4 rings (SSSR count). The van der Waals surface area contributed by atoms with Crippen LogP contribution in [0.2, 0.25) is 0 Å². The van der Waals surface area contributed by atoms with E-state index in [1.807, 2.05) is 7.05 Å². The molecule has 1 aromatic carbocycles. The van der Waals surface area contributed by atoms with Gasteiger partial charge in [-0.05, 0) is 37.1 Å². The van der Waals surface area contributed by atoms with Gasteiger partial charge in [-0.3, -0.25) is 4.90 Å². The molecule has 23 heavy (non-hydrogen) atoms. The minimum absolute atomic E-state index is 0.1000. The van der Waals surface area contributed by atoms with E-state index in [2.05, 4.69) is 20.4 Å². The molecule has 7 heteroatoms. The second kappa shape index (κ2) is 5.65. The summed E-state index contributed by atoms with van der Waals surface area (Å²) in [6.07, 6.45) is 0.825. The Morgan fingerprint density at radius 3 is 2.91 bits per heavy atom. The van der Waals surface area contributed by atoms with Crippen molar-refractivity contribution in [2.45, 2.75) is 24.3 Å². The van der Waals surface area contributed by atoms with Gasteiger partial charge >= 0.3 is 0 Å². The Kier molecular flexibility index (Phi) is 3.61. The minimum Gasteiger partial charge on any atom is -0.339 e. The second-order valence-electron chi connectivity index (χ2n) is 6.31. The fourth-order valence-corrected chi connectivity index (χ4v) is 3.21. The van der Waals surface area contributed by atoms with E-state index in [9.17, 15) is 8.78 Å². The molecule has 5 nitrogen and oxygen atoms in total. The van der Waals surface area contributed by atoms with Crippen LogP contribution in [0.5, 0.6) is 0 Å². The van der Waals surface area contributed by atoms with Crippen molar-refractivity contribution in [1.29, 1.82) is 0 Å². The third-order valence-corrected chi connectivity index (χ3v) is 4.75. The molecule has 1 aliphatic carbocycles. The molecule has 2 heterocycles. The zero-order valence-electron chi connectivity index (χ0n) is 12.8. The Morgan fingerprint density at radius 1 is 1.26 bits per heavy atom. The lowest BCUT2D eigenvalue weighted by atomic mass is 10.1. The zero-order chi connectivity index (χ0) is 16.0. The van der Waals surface area contributed by atoms with Crippen LogP contribution < -0.4 is 5.32 Å². The van der Waals surface area contributed by atoms with Crippen LogP contribution in [0.4, 0.5) is 8.78 Å². The largest absolute Gasteiger partial charge is 0.339 e. The van der Waals surface area contributed by atoms with Crippen LogP contribution in [-0.4, -0.2) is 41.7 Å². The molecule has 0 bridgehead atoms. The number of hydrogen-bond acceptors (Lipinski definition) is 5. The van der Waals surface area contributed by atoms with Gasteiger partial charge in [0.2, 0.25) is 5.89 Å². The number of aromatic nitrogens is 2. The van der Waals surface area contributed by atoms with E-state index in [4.69, 9.17) is 4.52 Å². The Morgan fingerprint density at radius 2 is 2.13 bits per heavy atom. The molecular weight excluding hydrogens is 302 g/mol. The van der Waals surface area contributed by atoms with Crippen molar-refractivity contribution in [2.24, 2.45) is 0 Å². The number of likely N-dealkylation sites (N-methyl/N-ethyl adjacent to an activating group) is 1. The van der Waals surface area contributed by atoms with Gasteiger partial charge in [0.25, 0.3) is 0 Å². The van der Waals surface area contributed by atoms with Crippen molar-refractivity contribution in [3.63, 3.8) is 0 Å². The highest BCUT2D eigenvalue weighted by Gasteiger charge is 2.44. The fourth-order valence-electron chi connectivity index (χ4n) is 3.21. The third kappa shape index (κ3) is 2.74. The van der Waals surface area contributed by atoms with Crippen LogP contribution in [-0.2, 0) is 0 Å². The normalized spacial score (nSPS) is 28.0. The summed E-state index contributed by atoms with van der Waals surface area (Å²) >= 11 is 0. The van der Waals surface area contributed by atoms with Crippen LogP contribution in [0.25, 0.3) is 0 Å². The summed E-state index contributed by atoms with van der Waals surface area (Å²) in [5, 5.41) is 7.43. The lowest BCUT2D eigenvalue weighted by Gasteiger charge is -2.30. The predicted molar refractivity (Wildman–Crippen MR) is 79.0 cm³/mol. The Labute approximate surface area is 132 Å². The monoisotopic (exact) mass is 320 g/mol. The average Bonchev–Trinajstić information content (AvgIpc) is 3.20. The molecule has 0 amide bonds. The Bertz CT molecular complexity index is 720. The highest BCUT2D eigenvalue weighted by molar-refractivity contribution is 5.31. The maximum Gasteiger partial charge on any atom is 0.230 e. The number of nitrogens with one attached hydrogen (secondary N) is 1. The highest BCUT2D eigenvalue weighted by Crippen LogP contribution is 2.54. The molecule has 122 valence electrons. The van der Waals surface area contributed by atoms with Crippen molar-refractivity contribution in [3.8, 4) is 0 Å².